The van der Waals surface area contributed by atoms with Crippen molar-refractivity contribution in [1.29, 1.82) is 0 Å². The summed E-state index contributed by atoms with van der Waals surface area (Å²) in [6, 6.07) is 17.6. The van der Waals surface area contributed by atoms with Gasteiger partial charge in [0.2, 0.25) is 17.7 Å². The van der Waals surface area contributed by atoms with Gasteiger partial charge in [-0.05, 0) is 30.4 Å². The summed E-state index contributed by atoms with van der Waals surface area (Å²) in [5.74, 6) is 1.18. The lowest BCUT2D eigenvalue weighted by atomic mass is 10.0. The van der Waals surface area contributed by atoms with Crippen molar-refractivity contribution in [3.8, 4) is 11.4 Å². The molecule has 0 aliphatic carbocycles. The molecule has 0 saturated carbocycles. The molecule has 37 heavy (non-hydrogen) atoms. The number of amides is 1. The van der Waals surface area contributed by atoms with E-state index in [2.05, 4.69) is 39.0 Å². The molecule has 0 unspecified atom stereocenters. The Morgan fingerprint density at radius 1 is 1.08 bits per heavy atom. The van der Waals surface area contributed by atoms with Crippen molar-refractivity contribution in [2.24, 2.45) is 4.51 Å². The van der Waals surface area contributed by atoms with Gasteiger partial charge in [-0.1, -0.05) is 98.8 Å². The van der Waals surface area contributed by atoms with Crippen LogP contribution in [-0.4, -0.2) is 33.6 Å². The second-order valence-electron chi connectivity index (χ2n) is 9.26. The first-order chi connectivity index (χ1) is 18.2. The monoisotopic (exact) mass is 523 g/mol. The second kappa shape index (κ2) is 13.8. The minimum atomic E-state index is -0.638. The molecule has 2 aromatic carbocycles. The number of aromatic nitrogens is 2. The van der Waals surface area contributed by atoms with Gasteiger partial charge in [0.15, 0.2) is 0 Å². The number of alkyl carbamates (subject to hydrolysis) is 1. The standard InChI is InChI=1S/C28H34ClN5O3/c1-2-3-4-5-6-8-11-21-14-16-23(17-15-21)25-30-26(37-33-25)24-18-19-34(24)27(32-29)31-28(35)36-20-22-12-9-7-10-13-22/h7,9-10,12-17,24H,2-6,8,11,18-20H2,1H3,(H,31,32,35)/t24-/m0/s1. The SMILES string of the molecule is CCCCCCCCc1ccc(-c2noc([C@@H]3CCN3/C(=N\Cl)NC(=O)OCc3ccccc3)n2)cc1. The fourth-order valence-corrected chi connectivity index (χ4v) is 4.45. The third-order valence-electron chi connectivity index (χ3n) is 6.56. The predicted octanol–water partition coefficient (Wildman–Crippen LogP) is 6.82. The molecular formula is C28H34ClN5O3. The number of benzene rings is 2. The first kappa shape index (κ1) is 26.7. The van der Waals surface area contributed by atoms with E-state index in [4.69, 9.17) is 21.0 Å². The maximum absolute atomic E-state index is 12.3. The number of hydrogen-bond acceptors (Lipinski definition) is 6. The summed E-state index contributed by atoms with van der Waals surface area (Å²) in [4.78, 5) is 18.7. The summed E-state index contributed by atoms with van der Waals surface area (Å²) in [5, 5.41) is 6.78. The van der Waals surface area contributed by atoms with Crippen LogP contribution >= 0.6 is 11.8 Å². The van der Waals surface area contributed by atoms with Crippen LogP contribution in [0.2, 0.25) is 0 Å². The lowest BCUT2D eigenvalue weighted by molar-refractivity contribution is 0.127. The van der Waals surface area contributed by atoms with E-state index in [9.17, 15) is 4.79 Å². The van der Waals surface area contributed by atoms with E-state index >= 15 is 0 Å². The fraction of sp³-hybridized carbons (Fsp3) is 0.429. The largest absolute Gasteiger partial charge is 0.444 e. The van der Waals surface area contributed by atoms with E-state index in [1.165, 1.54) is 44.1 Å². The Hall–Kier alpha value is -3.39. The van der Waals surface area contributed by atoms with Crippen molar-refractivity contribution in [2.75, 3.05) is 6.54 Å². The summed E-state index contributed by atoms with van der Waals surface area (Å²) in [5.41, 5.74) is 3.11. The number of hydrogen-bond donors (Lipinski definition) is 1. The molecule has 0 spiro atoms. The number of aryl methyl sites for hydroxylation is 1. The molecule has 2 heterocycles. The molecule has 1 N–H and O–H groups in total. The van der Waals surface area contributed by atoms with Crippen molar-refractivity contribution < 1.29 is 14.1 Å². The first-order valence-electron chi connectivity index (χ1n) is 13.0. The number of halogens is 1. The fourth-order valence-electron chi connectivity index (χ4n) is 4.31. The maximum atomic E-state index is 12.3. The highest BCUT2D eigenvalue weighted by atomic mass is 35.5. The van der Waals surface area contributed by atoms with Gasteiger partial charge in [-0.2, -0.15) is 4.98 Å². The molecule has 0 bridgehead atoms. The highest BCUT2D eigenvalue weighted by Gasteiger charge is 2.37. The van der Waals surface area contributed by atoms with Crippen LogP contribution in [-0.2, 0) is 17.8 Å². The second-order valence-corrected chi connectivity index (χ2v) is 9.43. The Kier molecular flexibility index (Phi) is 9.94. The molecule has 1 amide bonds. The van der Waals surface area contributed by atoms with Crippen LogP contribution in [0, 0.1) is 0 Å². The van der Waals surface area contributed by atoms with E-state index < -0.39 is 6.09 Å². The van der Waals surface area contributed by atoms with Gasteiger partial charge in [0.25, 0.3) is 0 Å². The molecule has 1 aliphatic rings. The normalized spacial score (nSPS) is 15.4. The highest BCUT2D eigenvalue weighted by molar-refractivity contribution is 6.20. The quantitative estimate of drug-likeness (QED) is 0.168. The van der Waals surface area contributed by atoms with Gasteiger partial charge in [-0.15, -0.1) is 4.51 Å². The van der Waals surface area contributed by atoms with E-state index in [1.54, 1.807) is 4.90 Å². The Morgan fingerprint density at radius 3 is 2.54 bits per heavy atom. The Labute approximate surface area is 223 Å². The van der Waals surface area contributed by atoms with Crippen molar-refractivity contribution in [3.63, 3.8) is 0 Å². The van der Waals surface area contributed by atoms with E-state index in [0.29, 0.717) is 18.3 Å². The average Bonchev–Trinajstić information content (AvgIpc) is 3.38. The molecule has 0 radical (unpaired) electrons. The number of unbranched alkanes of at least 4 members (excludes halogenated alkanes) is 5. The zero-order valence-corrected chi connectivity index (χ0v) is 22.0. The van der Waals surface area contributed by atoms with Gasteiger partial charge in [-0.3, -0.25) is 5.32 Å². The van der Waals surface area contributed by atoms with Crippen molar-refractivity contribution >= 4 is 23.8 Å². The smallest absolute Gasteiger partial charge is 0.414 e. The molecule has 3 aromatic rings. The Balaban J connectivity index is 1.28. The summed E-state index contributed by atoms with van der Waals surface area (Å²) < 4.78 is 14.5. The summed E-state index contributed by atoms with van der Waals surface area (Å²) in [6.07, 6.45) is 8.97. The van der Waals surface area contributed by atoms with Crippen LogP contribution in [0.25, 0.3) is 11.4 Å². The lowest BCUT2D eigenvalue weighted by Gasteiger charge is -2.39. The van der Waals surface area contributed by atoms with Crippen molar-refractivity contribution in [1.82, 2.24) is 20.4 Å². The number of nitrogens with one attached hydrogen (secondary N) is 1. The third kappa shape index (κ3) is 7.55. The van der Waals surface area contributed by atoms with Crippen molar-refractivity contribution in [2.45, 2.75) is 70.9 Å². The number of carbonyl (C=O) groups is 1. The summed E-state index contributed by atoms with van der Waals surface area (Å²) >= 11 is 5.78. The lowest BCUT2D eigenvalue weighted by Crippen LogP contribution is -2.52. The average molecular weight is 524 g/mol. The molecule has 1 aromatic heterocycles. The zero-order chi connectivity index (χ0) is 25.9. The van der Waals surface area contributed by atoms with Crippen LogP contribution in [0.3, 0.4) is 0 Å². The summed E-state index contributed by atoms with van der Waals surface area (Å²) in [7, 11) is 0. The van der Waals surface area contributed by atoms with Gasteiger partial charge in [-0.25, -0.2) is 4.79 Å². The minimum Gasteiger partial charge on any atom is -0.444 e. The van der Waals surface area contributed by atoms with Crippen LogP contribution in [0.4, 0.5) is 4.79 Å². The molecule has 4 rings (SSSR count). The minimum absolute atomic E-state index is 0.149. The molecule has 1 atom stereocenters. The van der Waals surface area contributed by atoms with Gasteiger partial charge < -0.3 is 14.2 Å². The molecule has 1 aliphatic heterocycles. The highest BCUT2D eigenvalue weighted by Crippen LogP contribution is 2.33. The third-order valence-corrected chi connectivity index (χ3v) is 6.72. The predicted molar refractivity (Wildman–Crippen MR) is 144 cm³/mol. The van der Waals surface area contributed by atoms with Crippen LogP contribution < -0.4 is 5.32 Å². The topological polar surface area (TPSA) is 92.9 Å². The van der Waals surface area contributed by atoms with Crippen LogP contribution in [0.5, 0.6) is 0 Å². The van der Waals surface area contributed by atoms with E-state index in [0.717, 1.165) is 24.0 Å². The number of rotatable bonds is 11. The molecule has 1 saturated heterocycles. The maximum Gasteiger partial charge on any atom is 0.414 e. The number of likely N-dealkylation sites (tertiary alicyclic amines) is 1. The molecule has 196 valence electrons. The summed E-state index contributed by atoms with van der Waals surface area (Å²) in [6.45, 7) is 3.03. The number of carbonyl (C=O) groups excluding carboxylic acids is 1. The van der Waals surface area contributed by atoms with Gasteiger partial charge >= 0.3 is 6.09 Å². The van der Waals surface area contributed by atoms with Gasteiger partial charge in [0.05, 0.1) is 0 Å². The van der Waals surface area contributed by atoms with Gasteiger partial charge in [0.1, 0.15) is 12.6 Å². The number of nitrogens with zero attached hydrogens (tertiary/aromatic N) is 4. The molecular weight excluding hydrogens is 490 g/mol. The first-order valence-corrected chi connectivity index (χ1v) is 13.4. The Bertz CT molecular complexity index is 1150. The molecule has 8 nitrogen and oxygen atoms in total. The van der Waals surface area contributed by atoms with Gasteiger partial charge in [0, 0.05) is 23.9 Å². The van der Waals surface area contributed by atoms with Crippen LogP contribution in [0.15, 0.2) is 63.6 Å². The van der Waals surface area contributed by atoms with Crippen molar-refractivity contribution in [3.05, 3.63) is 71.6 Å². The zero-order valence-electron chi connectivity index (χ0n) is 21.2. The van der Waals surface area contributed by atoms with E-state index in [-0.39, 0.29) is 18.6 Å². The Morgan fingerprint density at radius 2 is 1.84 bits per heavy atom. The molecule has 9 heteroatoms. The number of guanidine groups is 1. The molecule has 1 fully saturated rings. The van der Waals surface area contributed by atoms with Crippen LogP contribution in [0.1, 0.15) is 74.9 Å². The number of ether oxygens (including phenoxy) is 1. The van der Waals surface area contributed by atoms with E-state index in [1.807, 2.05) is 42.5 Å².